The summed E-state index contributed by atoms with van der Waals surface area (Å²) in [5, 5.41) is 3.54. The quantitative estimate of drug-likeness (QED) is 0.577. The van der Waals surface area contributed by atoms with Crippen LogP contribution >= 0.6 is 0 Å². The molecule has 0 radical (unpaired) electrons. The first-order valence-electron chi connectivity index (χ1n) is 7.60. The molecule has 0 aromatic rings. The molecular weight excluding hydrogens is 226 g/mol. The van der Waals surface area contributed by atoms with Gasteiger partial charge in [0.2, 0.25) is 0 Å². The Labute approximate surface area is 113 Å². The van der Waals surface area contributed by atoms with Gasteiger partial charge in [-0.1, -0.05) is 26.2 Å². The predicted molar refractivity (Wildman–Crippen MR) is 76.0 cm³/mol. The van der Waals surface area contributed by atoms with Crippen LogP contribution in [-0.4, -0.2) is 40.0 Å². The van der Waals surface area contributed by atoms with Crippen LogP contribution in [-0.2, 0) is 9.47 Å². The maximum absolute atomic E-state index is 5.74. The number of ether oxygens (including phenoxy) is 2. The second-order valence-corrected chi connectivity index (χ2v) is 5.59. The SMILES string of the molecule is CCCCOCCC1(CNCCOC)CCCC1. The van der Waals surface area contributed by atoms with Crippen LogP contribution < -0.4 is 5.32 Å². The van der Waals surface area contributed by atoms with E-state index in [-0.39, 0.29) is 0 Å². The van der Waals surface area contributed by atoms with Gasteiger partial charge in [-0.05, 0) is 31.1 Å². The molecule has 0 aromatic heterocycles. The third kappa shape index (κ3) is 6.17. The summed E-state index contributed by atoms with van der Waals surface area (Å²) in [6.07, 6.45) is 9.15. The number of unbranched alkanes of at least 4 members (excludes halogenated alkanes) is 1. The average molecular weight is 257 g/mol. The zero-order valence-corrected chi connectivity index (χ0v) is 12.3. The van der Waals surface area contributed by atoms with E-state index < -0.39 is 0 Å². The highest BCUT2D eigenvalue weighted by Crippen LogP contribution is 2.40. The Balaban J connectivity index is 2.16. The van der Waals surface area contributed by atoms with E-state index in [9.17, 15) is 0 Å². The monoisotopic (exact) mass is 257 g/mol. The van der Waals surface area contributed by atoms with Crippen LogP contribution in [0.4, 0.5) is 0 Å². The molecule has 1 saturated carbocycles. The van der Waals surface area contributed by atoms with Crippen molar-refractivity contribution in [1.82, 2.24) is 5.32 Å². The first-order valence-corrected chi connectivity index (χ1v) is 7.60. The van der Waals surface area contributed by atoms with Crippen LogP contribution in [0, 0.1) is 5.41 Å². The molecular formula is C15H31NO2. The fraction of sp³-hybridized carbons (Fsp3) is 1.00. The molecule has 1 N–H and O–H groups in total. The molecule has 1 fully saturated rings. The minimum Gasteiger partial charge on any atom is -0.383 e. The Morgan fingerprint density at radius 2 is 1.89 bits per heavy atom. The Kier molecular flexibility index (Phi) is 8.64. The molecule has 1 aliphatic carbocycles. The maximum Gasteiger partial charge on any atom is 0.0587 e. The third-order valence-corrected chi connectivity index (χ3v) is 4.07. The lowest BCUT2D eigenvalue weighted by molar-refractivity contribution is 0.0908. The summed E-state index contributed by atoms with van der Waals surface area (Å²) >= 11 is 0. The summed E-state index contributed by atoms with van der Waals surface area (Å²) in [6, 6.07) is 0. The van der Waals surface area contributed by atoms with Gasteiger partial charge in [0.15, 0.2) is 0 Å². The van der Waals surface area contributed by atoms with E-state index in [0.29, 0.717) is 5.41 Å². The topological polar surface area (TPSA) is 30.5 Å². The van der Waals surface area contributed by atoms with Crippen molar-refractivity contribution < 1.29 is 9.47 Å². The zero-order chi connectivity index (χ0) is 13.1. The molecule has 0 spiro atoms. The minimum atomic E-state index is 0.500. The van der Waals surface area contributed by atoms with Gasteiger partial charge in [-0.3, -0.25) is 0 Å². The maximum atomic E-state index is 5.74. The Morgan fingerprint density at radius 1 is 1.11 bits per heavy atom. The normalized spacial score (nSPS) is 18.3. The van der Waals surface area contributed by atoms with Crippen molar-refractivity contribution in [3.05, 3.63) is 0 Å². The lowest BCUT2D eigenvalue weighted by Crippen LogP contribution is -2.34. The fourth-order valence-electron chi connectivity index (χ4n) is 2.81. The van der Waals surface area contributed by atoms with Crippen LogP contribution in [0.15, 0.2) is 0 Å². The second-order valence-electron chi connectivity index (χ2n) is 5.59. The van der Waals surface area contributed by atoms with E-state index in [1.165, 1.54) is 44.9 Å². The smallest absolute Gasteiger partial charge is 0.0587 e. The van der Waals surface area contributed by atoms with E-state index in [2.05, 4.69) is 12.2 Å². The summed E-state index contributed by atoms with van der Waals surface area (Å²) in [4.78, 5) is 0. The van der Waals surface area contributed by atoms with Crippen LogP contribution in [0.5, 0.6) is 0 Å². The van der Waals surface area contributed by atoms with Crippen LogP contribution in [0.1, 0.15) is 51.9 Å². The third-order valence-electron chi connectivity index (χ3n) is 4.07. The van der Waals surface area contributed by atoms with Gasteiger partial charge in [-0.2, -0.15) is 0 Å². The molecule has 0 amide bonds. The van der Waals surface area contributed by atoms with Crippen molar-refractivity contribution in [3.8, 4) is 0 Å². The van der Waals surface area contributed by atoms with Gasteiger partial charge in [0.1, 0.15) is 0 Å². The molecule has 1 rings (SSSR count). The van der Waals surface area contributed by atoms with Crippen molar-refractivity contribution in [2.75, 3.05) is 40.0 Å². The molecule has 0 atom stereocenters. The molecule has 0 aliphatic heterocycles. The Hall–Kier alpha value is -0.120. The molecule has 18 heavy (non-hydrogen) atoms. The van der Waals surface area contributed by atoms with Crippen molar-refractivity contribution in [2.45, 2.75) is 51.9 Å². The summed E-state index contributed by atoms with van der Waals surface area (Å²) < 4.78 is 10.8. The Bertz CT molecular complexity index is 191. The summed E-state index contributed by atoms with van der Waals surface area (Å²) in [7, 11) is 1.76. The summed E-state index contributed by atoms with van der Waals surface area (Å²) in [5.74, 6) is 0. The van der Waals surface area contributed by atoms with Crippen LogP contribution in [0.25, 0.3) is 0 Å². The van der Waals surface area contributed by atoms with E-state index in [4.69, 9.17) is 9.47 Å². The zero-order valence-electron chi connectivity index (χ0n) is 12.3. The second kappa shape index (κ2) is 9.76. The van der Waals surface area contributed by atoms with Crippen molar-refractivity contribution in [3.63, 3.8) is 0 Å². The molecule has 108 valence electrons. The van der Waals surface area contributed by atoms with E-state index >= 15 is 0 Å². The number of hydrogen-bond donors (Lipinski definition) is 1. The van der Waals surface area contributed by atoms with Gasteiger partial charge in [-0.25, -0.2) is 0 Å². The molecule has 0 saturated heterocycles. The first-order chi connectivity index (χ1) is 8.83. The minimum absolute atomic E-state index is 0.500. The molecule has 0 aromatic carbocycles. The number of rotatable bonds is 11. The highest BCUT2D eigenvalue weighted by Gasteiger charge is 2.32. The van der Waals surface area contributed by atoms with Gasteiger partial charge < -0.3 is 14.8 Å². The van der Waals surface area contributed by atoms with E-state index in [1.807, 2.05) is 0 Å². The lowest BCUT2D eigenvalue weighted by atomic mass is 9.83. The van der Waals surface area contributed by atoms with Crippen LogP contribution in [0.2, 0.25) is 0 Å². The van der Waals surface area contributed by atoms with Crippen molar-refractivity contribution in [1.29, 1.82) is 0 Å². The predicted octanol–water partition coefficient (Wildman–Crippen LogP) is 2.99. The van der Waals surface area contributed by atoms with Crippen LogP contribution in [0.3, 0.4) is 0 Å². The standard InChI is InChI=1S/C15H31NO2/c1-3-4-11-18-12-9-15(7-5-6-8-15)14-16-10-13-17-2/h16H,3-14H2,1-2H3. The van der Waals surface area contributed by atoms with Gasteiger partial charge in [0.05, 0.1) is 6.61 Å². The molecule has 1 aliphatic rings. The van der Waals surface area contributed by atoms with Gasteiger partial charge in [-0.15, -0.1) is 0 Å². The number of hydrogen-bond acceptors (Lipinski definition) is 3. The van der Waals surface area contributed by atoms with E-state index in [1.54, 1.807) is 7.11 Å². The number of nitrogens with one attached hydrogen (secondary N) is 1. The molecule has 3 heteroatoms. The largest absolute Gasteiger partial charge is 0.383 e. The molecule has 0 heterocycles. The molecule has 0 bridgehead atoms. The molecule has 0 unspecified atom stereocenters. The Morgan fingerprint density at radius 3 is 2.56 bits per heavy atom. The van der Waals surface area contributed by atoms with Crippen molar-refractivity contribution >= 4 is 0 Å². The average Bonchev–Trinajstić information content (AvgIpc) is 2.84. The highest BCUT2D eigenvalue weighted by atomic mass is 16.5. The van der Waals surface area contributed by atoms with Gasteiger partial charge >= 0.3 is 0 Å². The fourth-order valence-corrected chi connectivity index (χ4v) is 2.81. The van der Waals surface area contributed by atoms with Gasteiger partial charge in [0, 0.05) is 33.4 Å². The molecule has 3 nitrogen and oxygen atoms in total. The van der Waals surface area contributed by atoms with Crippen molar-refractivity contribution in [2.24, 2.45) is 5.41 Å². The van der Waals surface area contributed by atoms with Gasteiger partial charge in [0.25, 0.3) is 0 Å². The highest BCUT2D eigenvalue weighted by molar-refractivity contribution is 4.86. The first kappa shape index (κ1) is 15.9. The number of methoxy groups -OCH3 is 1. The summed E-state index contributed by atoms with van der Waals surface area (Å²) in [5.41, 5.74) is 0.500. The lowest BCUT2D eigenvalue weighted by Gasteiger charge is -2.29. The van der Waals surface area contributed by atoms with E-state index in [0.717, 1.165) is 32.9 Å². The summed E-state index contributed by atoms with van der Waals surface area (Å²) in [6.45, 7) is 6.99.